The summed E-state index contributed by atoms with van der Waals surface area (Å²) in [7, 11) is -1.17. The second-order valence-electron chi connectivity index (χ2n) is 14.4. The molecule has 1 aliphatic rings. The zero-order valence-corrected chi connectivity index (χ0v) is 29.8. The van der Waals surface area contributed by atoms with Crippen LogP contribution < -0.4 is 4.74 Å². The molecule has 47 heavy (non-hydrogen) atoms. The van der Waals surface area contributed by atoms with E-state index in [0.717, 1.165) is 35.1 Å². The summed E-state index contributed by atoms with van der Waals surface area (Å²) in [6.07, 6.45) is 5.15. The summed E-state index contributed by atoms with van der Waals surface area (Å²) >= 11 is 6.88. The maximum atomic E-state index is 12.3. The average molecular weight is 676 g/mol. The van der Waals surface area contributed by atoms with Gasteiger partial charge in [0.15, 0.2) is 0 Å². The van der Waals surface area contributed by atoms with Gasteiger partial charge >= 0.3 is 6.09 Å². The molecule has 3 aromatic heterocycles. The molecule has 1 aliphatic heterocycles. The Morgan fingerprint density at radius 3 is 2.57 bits per heavy atom. The maximum Gasteiger partial charge on any atom is 0.410 e. The average Bonchev–Trinajstić information content (AvgIpc) is 3.56. The molecule has 2 aromatic carbocycles. The molecule has 0 saturated carbocycles. The third-order valence-electron chi connectivity index (χ3n) is 7.96. The van der Waals surface area contributed by atoms with Crippen LogP contribution in [0.1, 0.15) is 26.6 Å². The topological polar surface area (TPSA) is 109 Å². The molecule has 0 spiro atoms. The van der Waals surface area contributed by atoms with E-state index in [2.05, 4.69) is 34.3 Å². The summed E-state index contributed by atoms with van der Waals surface area (Å²) in [5, 5.41) is 4.90. The van der Waals surface area contributed by atoms with Crippen LogP contribution in [0.5, 0.6) is 11.5 Å². The standard InChI is InChI=1S/C34H42ClN7O4Si/c1-22-38-26-9-8-25(14-29(26)42(22)21-44-12-13-47(5,6)7)45-30-11-10-27-32(31(30)35)39-28(16-36-27)24-15-37-41(20-24)19-23-17-40(18-23)33(43)46-34(2,3)4/h8-11,14-16,20,23H,12-13,17-19,21H2,1-7H3. The molecule has 1 fully saturated rings. The molecule has 0 aliphatic carbocycles. The summed E-state index contributed by atoms with van der Waals surface area (Å²) in [4.78, 5) is 28.1. The lowest BCUT2D eigenvalue weighted by Crippen LogP contribution is -2.52. The van der Waals surface area contributed by atoms with Gasteiger partial charge in [0.05, 0.1) is 34.6 Å². The molecular formula is C34H42ClN7O4Si. The number of halogens is 1. The third-order valence-corrected chi connectivity index (χ3v) is 10.0. The Morgan fingerprint density at radius 1 is 1.06 bits per heavy atom. The quantitative estimate of drug-likeness (QED) is 0.109. The van der Waals surface area contributed by atoms with E-state index in [9.17, 15) is 4.79 Å². The van der Waals surface area contributed by atoms with Crippen molar-refractivity contribution < 1.29 is 19.0 Å². The van der Waals surface area contributed by atoms with Gasteiger partial charge in [-0.1, -0.05) is 31.2 Å². The van der Waals surface area contributed by atoms with Crippen LogP contribution in [-0.2, 0) is 22.7 Å². The highest BCUT2D eigenvalue weighted by atomic mass is 35.5. The Hall–Kier alpha value is -4.00. The number of aryl methyl sites for hydroxylation is 1. The molecule has 6 rings (SSSR count). The van der Waals surface area contributed by atoms with Gasteiger partial charge in [-0.2, -0.15) is 5.10 Å². The van der Waals surface area contributed by atoms with E-state index in [-0.39, 0.29) is 6.09 Å². The third kappa shape index (κ3) is 7.77. The van der Waals surface area contributed by atoms with Crippen molar-refractivity contribution in [3.63, 3.8) is 0 Å². The number of aromatic nitrogens is 6. The fourth-order valence-corrected chi connectivity index (χ4v) is 6.37. The van der Waals surface area contributed by atoms with E-state index >= 15 is 0 Å². The number of nitrogens with zero attached hydrogens (tertiary/aromatic N) is 7. The molecule has 0 atom stereocenters. The minimum Gasteiger partial charge on any atom is -0.456 e. The highest BCUT2D eigenvalue weighted by molar-refractivity contribution is 6.76. The first-order valence-corrected chi connectivity index (χ1v) is 20.0. The molecule has 248 valence electrons. The van der Waals surface area contributed by atoms with Crippen molar-refractivity contribution in [2.24, 2.45) is 5.92 Å². The Labute approximate surface area is 280 Å². The smallest absolute Gasteiger partial charge is 0.410 e. The van der Waals surface area contributed by atoms with Gasteiger partial charge in [0, 0.05) is 58.1 Å². The minimum absolute atomic E-state index is 0.276. The first kappa shape index (κ1) is 32.9. The van der Waals surface area contributed by atoms with Crippen LogP contribution in [0, 0.1) is 12.8 Å². The largest absolute Gasteiger partial charge is 0.456 e. The number of hydrogen-bond acceptors (Lipinski definition) is 8. The van der Waals surface area contributed by atoms with Gasteiger partial charge in [-0.05, 0) is 58.0 Å². The number of fused-ring (bicyclic) bond motifs is 2. The molecule has 5 aromatic rings. The van der Waals surface area contributed by atoms with Crippen molar-refractivity contribution >= 4 is 47.8 Å². The van der Waals surface area contributed by atoms with Crippen molar-refractivity contribution in [1.29, 1.82) is 0 Å². The second kappa shape index (κ2) is 12.9. The normalized spacial score (nSPS) is 14.2. The zero-order chi connectivity index (χ0) is 33.5. The Balaban J connectivity index is 1.14. The molecule has 0 N–H and O–H groups in total. The van der Waals surface area contributed by atoms with Crippen LogP contribution >= 0.6 is 11.6 Å². The van der Waals surface area contributed by atoms with Crippen LogP contribution in [0.2, 0.25) is 30.7 Å². The number of carbonyl (C=O) groups is 1. The van der Waals surface area contributed by atoms with E-state index in [1.165, 1.54) is 0 Å². The summed E-state index contributed by atoms with van der Waals surface area (Å²) in [6.45, 7) is 17.8. The molecule has 13 heteroatoms. The fourth-order valence-electron chi connectivity index (χ4n) is 5.38. The highest BCUT2D eigenvalue weighted by Gasteiger charge is 2.34. The van der Waals surface area contributed by atoms with E-state index in [4.69, 9.17) is 35.8 Å². The summed E-state index contributed by atoms with van der Waals surface area (Å²) in [6, 6.07) is 10.6. The van der Waals surface area contributed by atoms with Crippen LogP contribution in [0.4, 0.5) is 4.79 Å². The number of amides is 1. The maximum absolute atomic E-state index is 12.3. The molecule has 4 heterocycles. The van der Waals surface area contributed by atoms with Crippen LogP contribution in [0.3, 0.4) is 0 Å². The highest BCUT2D eigenvalue weighted by Crippen LogP contribution is 2.36. The number of rotatable bonds is 10. The molecule has 0 bridgehead atoms. The van der Waals surface area contributed by atoms with Gasteiger partial charge in [0.2, 0.25) is 0 Å². The van der Waals surface area contributed by atoms with Crippen LogP contribution in [-0.4, -0.2) is 73.7 Å². The fraction of sp³-hybridized carbons (Fsp3) is 0.441. The van der Waals surface area contributed by atoms with Gasteiger partial charge in [0.1, 0.15) is 40.2 Å². The zero-order valence-electron chi connectivity index (χ0n) is 28.1. The first-order valence-electron chi connectivity index (χ1n) is 15.9. The van der Waals surface area contributed by atoms with E-state index in [1.54, 1.807) is 17.3 Å². The Morgan fingerprint density at radius 2 is 1.83 bits per heavy atom. The SMILES string of the molecule is Cc1nc2ccc(Oc3ccc4ncc(-c5cnn(CC6CN(C(=O)OC(C)(C)C)C6)c5)nc4c3Cl)cc2n1COCC[Si](C)(C)C. The summed E-state index contributed by atoms with van der Waals surface area (Å²) in [5.74, 6) is 2.30. The number of carbonyl (C=O) groups excluding carboxylic acids is 1. The van der Waals surface area contributed by atoms with Gasteiger partial charge < -0.3 is 23.7 Å². The van der Waals surface area contributed by atoms with E-state index in [1.807, 2.05) is 68.9 Å². The Bertz CT molecular complexity index is 1920. The number of benzene rings is 2. The van der Waals surface area contributed by atoms with Crippen LogP contribution in [0.25, 0.3) is 33.3 Å². The van der Waals surface area contributed by atoms with Gasteiger partial charge in [0.25, 0.3) is 0 Å². The van der Waals surface area contributed by atoms with Crippen molar-refractivity contribution in [2.45, 2.75) is 72.3 Å². The minimum atomic E-state index is -1.17. The van der Waals surface area contributed by atoms with Crippen molar-refractivity contribution in [1.82, 2.24) is 34.2 Å². The number of hydrogen-bond donors (Lipinski definition) is 0. The Kier molecular flexibility index (Phi) is 9.03. The van der Waals surface area contributed by atoms with E-state index in [0.29, 0.717) is 65.5 Å². The first-order chi connectivity index (χ1) is 22.2. The van der Waals surface area contributed by atoms with Crippen molar-refractivity contribution in [2.75, 3.05) is 19.7 Å². The van der Waals surface area contributed by atoms with Gasteiger partial charge in [-0.25, -0.2) is 14.8 Å². The molecule has 0 unspecified atom stereocenters. The van der Waals surface area contributed by atoms with Crippen molar-refractivity contribution in [3.8, 4) is 22.8 Å². The predicted octanol–water partition coefficient (Wildman–Crippen LogP) is 7.78. The molecule has 11 nitrogen and oxygen atoms in total. The molecule has 1 saturated heterocycles. The van der Waals surface area contributed by atoms with Gasteiger partial charge in [-0.15, -0.1) is 0 Å². The molecule has 1 amide bonds. The van der Waals surface area contributed by atoms with Gasteiger partial charge in [-0.3, -0.25) is 9.67 Å². The molecule has 0 radical (unpaired) electrons. The lowest BCUT2D eigenvalue weighted by molar-refractivity contribution is -0.00383. The lowest BCUT2D eigenvalue weighted by Gasteiger charge is -2.39. The van der Waals surface area contributed by atoms with Crippen LogP contribution in [0.15, 0.2) is 48.9 Å². The lowest BCUT2D eigenvalue weighted by atomic mass is 10.0. The second-order valence-corrected chi connectivity index (χ2v) is 20.4. The van der Waals surface area contributed by atoms with E-state index < -0.39 is 13.7 Å². The van der Waals surface area contributed by atoms with Crippen molar-refractivity contribution in [3.05, 3.63) is 59.8 Å². The molecular weight excluding hydrogens is 634 g/mol. The summed E-state index contributed by atoms with van der Waals surface area (Å²) in [5.41, 5.74) is 3.99. The monoisotopic (exact) mass is 675 g/mol. The number of imidazole rings is 1. The predicted molar refractivity (Wildman–Crippen MR) is 186 cm³/mol. The number of ether oxygens (including phenoxy) is 3. The number of likely N-dealkylation sites (tertiary alicyclic amines) is 1. The summed E-state index contributed by atoms with van der Waals surface area (Å²) < 4.78 is 21.7.